The monoisotopic (exact) mass is 246 g/mol. The Labute approximate surface area is 109 Å². The molecule has 3 nitrogen and oxygen atoms in total. The van der Waals surface area contributed by atoms with Gasteiger partial charge in [-0.25, -0.2) is 0 Å². The van der Waals surface area contributed by atoms with Crippen molar-refractivity contribution in [3.05, 3.63) is 35.4 Å². The first-order valence-electron chi connectivity index (χ1n) is 6.78. The Balaban J connectivity index is 2.01. The van der Waals surface area contributed by atoms with Crippen LogP contribution in [0.3, 0.4) is 0 Å². The lowest BCUT2D eigenvalue weighted by Gasteiger charge is -2.32. The van der Waals surface area contributed by atoms with Crippen molar-refractivity contribution < 1.29 is 4.79 Å². The van der Waals surface area contributed by atoms with Crippen molar-refractivity contribution in [3.8, 4) is 0 Å². The van der Waals surface area contributed by atoms with Gasteiger partial charge < -0.3 is 10.2 Å². The van der Waals surface area contributed by atoms with E-state index in [1.54, 1.807) is 0 Å². The minimum absolute atomic E-state index is 0.00802. The average molecular weight is 246 g/mol. The number of benzene rings is 1. The van der Waals surface area contributed by atoms with Crippen LogP contribution in [0.1, 0.15) is 30.9 Å². The molecule has 1 aliphatic rings. The Morgan fingerprint density at radius 3 is 2.56 bits per heavy atom. The van der Waals surface area contributed by atoms with Gasteiger partial charge in [-0.1, -0.05) is 31.2 Å². The predicted molar refractivity (Wildman–Crippen MR) is 73.3 cm³/mol. The van der Waals surface area contributed by atoms with Crippen LogP contribution in [0.15, 0.2) is 24.3 Å². The summed E-state index contributed by atoms with van der Waals surface area (Å²) in [5.74, 6) is 0.239. The number of amides is 1. The Hall–Kier alpha value is -1.35. The smallest absolute Gasteiger partial charge is 0.239 e. The van der Waals surface area contributed by atoms with Crippen molar-refractivity contribution in [1.82, 2.24) is 10.2 Å². The third-order valence-corrected chi connectivity index (χ3v) is 3.68. The van der Waals surface area contributed by atoms with E-state index in [9.17, 15) is 4.79 Å². The molecule has 1 aliphatic heterocycles. The number of aryl methyl sites for hydroxylation is 1. The van der Waals surface area contributed by atoms with Gasteiger partial charge in [0.05, 0.1) is 6.04 Å². The summed E-state index contributed by atoms with van der Waals surface area (Å²) in [4.78, 5) is 14.1. The summed E-state index contributed by atoms with van der Waals surface area (Å²) in [6, 6.07) is 8.58. The molecular formula is C15H22N2O. The molecule has 1 saturated heterocycles. The number of likely N-dealkylation sites (tertiary alicyclic amines) is 1. The highest BCUT2D eigenvalue weighted by Crippen LogP contribution is 2.15. The summed E-state index contributed by atoms with van der Waals surface area (Å²) in [5.41, 5.74) is 2.56. The van der Waals surface area contributed by atoms with Crippen molar-refractivity contribution >= 4 is 5.91 Å². The SMILES string of the molecule is CCc1ccc(CN2CCCC(NC)C2=O)cc1. The minimum Gasteiger partial charge on any atom is -0.337 e. The highest BCUT2D eigenvalue weighted by Gasteiger charge is 2.26. The van der Waals surface area contributed by atoms with Crippen LogP contribution >= 0.6 is 0 Å². The maximum Gasteiger partial charge on any atom is 0.239 e. The minimum atomic E-state index is 0.00802. The largest absolute Gasteiger partial charge is 0.337 e. The van der Waals surface area contributed by atoms with E-state index in [4.69, 9.17) is 0 Å². The molecule has 0 spiro atoms. The Bertz CT molecular complexity index is 399. The lowest BCUT2D eigenvalue weighted by atomic mass is 10.0. The number of hydrogen-bond donors (Lipinski definition) is 1. The summed E-state index contributed by atoms with van der Waals surface area (Å²) in [6.45, 7) is 3.77. The van der Waals surface area contributed by atoms with Crippen LogP contribution in [-0.4, -0.2) is 30.4 Å². The van der Waals surface area contributed by atoms with E-state index in [-0.39, 0.29) is 11.9 Å². The van der Waals surface area contributed by atoms with E-state index in [1.807, 2.05) is 11.9 Å². The number of carbonyl (C=O) groups excluding carboxylic acids is 1. The van der Waals surface area contributed by atoms with Gasteiger partial charge in [0.2, 0.25) is 5.91 Å². The fourth-order valence-electron chi connectivity index (χ4n) is 2.47. The van der Waals surface area contributed by atoms with Crippen molar-refractivity contribution in [2.24, 2.45) is 0 Å². The van der Waals surface area contributed by atoms with E-state index >= 15 is 0 Å². The molecular weight excluding hydrogens is 224 g/mol. The van der Waals surface area contributed by atoms with Gasteiger partial charge in [0.1, 0.15) is 0 Å². The molecule has 0 bridgehead atoms. The lowest BCUT2D eigenvalue weighted by molar-refractivity contribution is -0.136. The Morgan fingerprint density at radius 2 is 1.94 bits per heavy atom. The van der Waals surface area contributed by atoms with Crippen LogP contribution in [0.25, 0.3) is 0 Å². The molecule has 18 heavy (non-hydrogen) atoms. The fraction of sp³-hybridized carbons (Fsp3) is 0.533. The van der Waals surface area contributed by atoms with Crippen LogP contribution in [0, 0.1) is 0 Å². The standard InChI is InChI=1S/C15H22N2O/c1-3-12-6-8-13(9-7-12)11-17-10-4-5-14(16-2)15(17)18/h6-9,14,16H,3-5,10-11H2,1-2H3. The first-order chi connectivity index (χ1) is 8.74. The van der Waals surface area contributed by atoms with Crippen LogP contribution in [-0.2, 0) is 17.8 Å². The number of nitrogens with one attached hydrogen (secondary N) is 1. The molecule has 1 fully saturated rings. The van der Waals surface area contributed by atoms with Gasteiger partial charge >= 0.3 is 0 Å². The highest BCUT2D eigenvalue weighted by atomic mass is 16.2. The summed E-state index contributed by atoms with van der Waals surface area (Å²) in [6.07, 6.45) is 3.11. The van der Waals surface area contributed by atoms with Gasteiger partial charge in [0.25, 0.3) is 0 Å². The van der Waals surface area contributed by atoms with E-state index in [2.05, 4.69) is 36.5 Å². The zero-order valence-electron chi connectivity index (χ0n) is 11.3. The molecule has 1 atom stereocenters. The molecule has 0 radical (unpaired) electrons. The van der Waals surface area contributed by atoms with Crippen LogP contribution < -0.4 is 5.32 Å². The molecule has 0 aromatic heterocycles. The van der Waals surface area contributed by atoms with E-state index < -0.39 is 0 Å². The van der Waals surface area contributed by atoms with Gasteiger partial charge in [-0.05, 0) is 37.4 Å². The summed E-state index contributed by atoms with van der Waals surface area (Å²) < 4.78 is 0. The molecule has 3 heteroatoms. The molecule has 2 rings (SSSR count). The van der Waals surface area contributed by atoms with Gasteiger partial charge in [0, 0.05) is 13.1 Å². The quantitative estimate of drug-likeness (QED) is 0.881. The van der Waals surface area contributed by atoms with Gasteiger partial charge in [-0.15, -0.1) is 0 Å². The Kier molecular flexibility index (Phi) is 4.37. The molecule has 1 aromatic rings. The normalized spacial score (nSPS) is 20.2. The maximum atomic E-state index is 12.1. The summed E-state index contributed by atoms with van der Waals surface area (Å²) in [7, 11) is 1.86. The topological polar surface area (TPSA) is 32.3 Å². The lowest BCUT2D eigenvalue weighted by Crippen LogP contribution is -2.49. The molecule has 0 aliphatic carbocycles. The van der Waals surface area contributed by atoms with Crippen molar-refractivity contribution in [2.45, 2.75) is 38.8 Å². The number of likely N-dealkylation sites (N-methyl/N-ethyl adjacent to an activating group) is 1. The second-order valence-corrected chi connectivity index (χ2v) is 4.91. The molecule has 1 unspecified atom stereocenters. The molecule has 98 valence electrons. The van der Waals surface area contributed by atoms with E-state index in [0.29, 0.717) is 0 Å². The van der Waals surface area contributed by atoms with Crippen LogP contribution in [0.4, 0.5) is 0 Å². The fourth-order valence-corrected chi connectivity index (χ4v) is 2.47. The molecule has 1 heterocycles. The number of hydrogen-bond acceptors (Lipinski definition) is 2. The number of piperidine rings is 1. The zero-order chi connectivity index (χ0) is 13.0. The number of carbonyl (C=O) groups is 1. The third kappa shape index (κ3) is 2.91. The second-order valence-electron chi connectivity index (χ2n) is 4.91. The summed E-state index contributed by atoms with van der Waals surface area (Å²) >= 11 is 0. The molecule has 1 N–H and O–H groups in total. The second kappa shape index (κ2) is 6.01. The summed E-state index contributed by atoms with van der Waals surface area (Å²) in [5, 5.41) is 3.10. The van der Waals surface area contributed by atoms with Crippen molar-refractivity contribution in [1.29, 1.82) is 0 Å². The molecule has 1 aromatic carbocycles. The third-order valence-electron chi connectivity index (χ3n) is 3.68. The maximum absolute atomic E-state index is 12.1. The van der Waals surface area contributed by atoms with Crippen LogP contribution in [0.5, 0.6) is 0 Å². The Morgan fingerprint density at radius 1 is 1.28 bits per heavy atom. The van der Waals surface area contributed by atoms with Gasteiger partial charge in [-0.3, -0.25) is 4.79 Å². The van der Waals surface area contributed by atoms with Crippen molar-refractivity contribution in [2.75, 3.05) is 13.6 Å². The van der Waals surface area contributed by atoms with Crippen molar-refractivity contribution in [3.63, 3.8) is 0 Å². The van der Waals surface area contributed by atoms with Crippen LogP contribution in [0.2, 0.25) is 0 Å². The average Bonchev–Trinajstić information content (AvgIpc) is 2.42. The first-order valence-corrected chi connectivity index (χ1v) is 6.78. The molecule has 0 saturated carbocycles. The highest BCUT2D eigenvalue weighted by molar-refractivity contribution is 5.82. The first kappa shape index (κ1) is 13.1. The number of rotatable bonds is 4. The van der Waals surface area contributed by atoms with Gasteiger partial charge in [-0.2, -0.15) is 0 Å². The van der Waals surface area contributed by atoms with E-state index in [1.165, 1.54) is 11.1 Å². The predicted octanol–water partition coefficient (Wildman–Crippen LogP) is 1.96. The zero-order valence-corrected chi connectivity index (χ0v) is 11.3. The van der Waals surface area contributed by atoms with Gasteiger partial charge in [0.15, 0.2) is 0 Å². The molecule has 1 amide bonds. The van der Waals surface area contributed by atoms with E-state index in [0.717, 1.165) is 32.4 Å². The number of nitrogens with zero attached hydrogens (tertiary/aromatic N) is 1.